The molecular weight excluding hydrogens is 276 g/mol. The quantitative estimate of drug-likeness (QED) is 0.811. The van der Waals surface area contributed by atoms with E-state index in [0.717, 1.165) is 24.2 Å². The van der Waals surface area contributed by atoms with Crippen molar-refractivity contribution < 1.29 is 8.42 Å². The van der Waals surface area contributed by atoms with Gasteiger partial charge in [-0.25, -0.2) is 13.4 Å². The molecule has 1 aliphatic rings. The second-order valence-electron chi connectivity index (χ2n) is 5.18. The Bertz CT molecular complexity index is 566. The Hall–Kier alpha value is -0.990. The molecular formula is C13H22N4O2S. The summed E-state index contributed by atoms with van der Waals surface area (Å²) in [6.45, 7) is 5.34. The van der Waals surface area contributed by atoms with Crippen LogP contribution in [0.15, 0.2) is 23.1 Å². The van der Waals surface area contributed by atoms with Crippen LogP contribution in [0, 0.1) is 6.92 Å². The molecule has 0 bridgehead atoms. The van der Waals surface area contributed by atoms with Gasteiger partial charge in [0.15, 0.2) is 0 Å². The van der Waals surface area contributed by atoms with Gasteiger partial charge in [0.25, 0.3) is 10.0 Å². The molecule has 1 aliphatic heterocycles. The van der Waals surface area contributed by atoms with E-state index in [1.54, 1.807) is 23.2 Å². The van der Waals surface area contributed by atoms with Crippen LogP contribution in [-0.2, 0) is 16.6 Å². The van der Waals surface area contributed by atoms with Crippen LogP contribution in [0.1, 0.15) is 11.1 Å². The molecule has 0 aromatic heterocycles. The first kappa shape index (κ1) is 15.4. The Balaban J connectivity index is 2.14. The average molecular weight is 298 g/mol. The lowest BCUT2D eigenvalue weighted by atomic mass is 10.1. The number of nitrogens with two attached hydrogens (primary N) is 1. The molecule has 1 saturated heterocycles. The monoisotopic (exact) mass is 298 g/mol. The van der Waals surface area contributed by atoms with Crippen molar-refractivity contribution in [1.82, 2.24) is 14.7 Å². The zero-order chi connectivity index (χ0) is 14.8. The van der Waals surface area contributed by atoms with Crippen LogP contribution < -0.4 is 10.6 Å². The van der Waals surface area contributed by atoms with E-state index in [0.29, 0.717) is 19.6 Å². The second-order valence-corrected chi connectivity index (χ2v) is 6.84. The Morgan fingerprint density at radius 1 is 1.25 bits per heavy atom. The number of likely N-dealkylation sites (N-methyl/N-ethyl adjacent to an activating group) is 1. The van der Waals surface area contributed by atoms with Crippen molar-refractivity contribution in [2.45, 2.75) is 18.4 Å². The minimum Gasteiger partial charge on any atom is -0.326 e. The van der Waals surface area contributed by atoms with Gasteiger partial charge in [0.1, 0.15) is 0 Å². The van der Waals surface area contributed by atoms with Gasteiger partial charge in [0.05, 0.1) is 4.90 Å². The molecule has 20 heavy (non-hydrogen) atoms. The third-order valence-corrected chi connectivity index (χ3v) is 4.98. The summed E-state index contributed by atoms with van der Waals surface area (Å²) in [7, 11) is -1.50. The van der Waals surface area contributed by atoms with E-state index in [2.05, 4.69) is 9.73 Å². The largest absolute Gasteiger partial charge is 0.326 e. The third-order valence-electron chi connectivity index (χ3n) is 3.60. The molecule has 1 heterocycles. The topological polar surface area (TPSA) is 78.7 Å². The molecule has 1 aromatic carbocycles. The molecule has 1 aromatic rings. The lowest BCUT2D eigenvalue weighted by Crippen LogP contribution is -2.52. The molecule has 0 atom stereocenters. The summed E-state index contributed by atoms with van der Waals surface area (Å²) in [6, 6.07) is 5.06. The Morgan fingerprint density at radius 2 is 1.90 bits per heavy atom. The first-order chi connectivity index (χ1) is 9.42. The number of hydrogen-bond donors (Lipinski definition) is 2. The summed E-state index contributed by atoms with van der Waals surface area (Å²) >= 11 is 0. The normalized spacial score (nSPS) is 18.4. The summed E-state index contributed by atoms with van der Waals surface area (Å²) in [6.07, 6.45) is 0. The fourth-order valence-corrected chi connectivity index (χ4v) is 3.33. The van der Waals surface area contributed by atoms with Crippen molar-refractivity contribution in [3.8, 4) is 0 Å². The number of benzene rings is 1. The molecule has 0 aliphatic carbocycles. The number of hydrogen-bond acceptors (Lipinski definition) is 5. The molecule has 0 saturated carbocycles. The van der Waals surface area contributed by atoms with Gasteiger partial charge in [-0.3, -0.25) is 0 Å². The van der Waals surface area contributed by atoms with Crippen molar-refractivity contribution in [2.75, 3.05) is 33.2 Å². The van der Waals surface area contributed by atoms with Crippen LogP contribution in [0.2, 0.25) is 0 Å². The summed E-state index contributed by atoms with van der Waals surface area (Å²) in [5.41, 5.74) is 7.49. The standard InChI is InChI=1S/C13H22N4O2S/c1-11-3-4-13(9-12(11)10-14)20(18,19)15-17-7-5-16(2)6-8-17/h3-4,9,15H,5-8,10,14H2,1-2H3. The van der Waals surface area contributed by atoms with Crippen LogP contribution in [0.5, 0.6) is 0 Å². The maximum Gasteiger partial charge on any atom is 0.253 e. The minimum absolute atomic E-state index is 0.266. The van der Waals surface area contributed by atoms with Crippen LogP contribution in [0.3, 0.4) is 0 Å². The highest BCUT2D eigenvalue weighted by atomic mass is 32.2. The van der Waals surface area contributed by atoms with Crippen molar-refractivity contribution in [3.63, 3.8) is 0 Å². The molecule has 0 radical (unpaired) electrons. The summed E-state index contributed by atoms with van der Waals surface area (Å²) in [5, 5.41) is 1.75. The Morgan fingerprint density at radius 3 is 2.50 bits per heavy atom. The average Bonchev–Trinajstić information content (AvgIpc) is 2.41. The van der Waals surface area contributed by atoms with Gasteiger partial charge < -0.3 is 10.6 Å². The number of rotatable bonds is 4. The van der Waals surface area contributed by atoms with Crippen LogP contribution in [-0.4, -0.2) is 51.6 Å². The van der Waals surface area contributed by atoms with Crippen molar-refractivity contribution in [1.29, 1.82) is 0 Å². The van der Waals surface area contributed by atoms with Crippen molar-refractivity contribution in [3.05, 3.63) is 29.3 Å². The fourth-order valence-electron chi connectivity index (χ4n) is 2.16. The van der Waals surface area contributed by atoms with Crippen molar-refractivity contribution >= 4 is 10.0 Å². The van der Waals surface area contributed by atoms with Crippen LogP contribution in [0.4, 0.5) is 0 Å². The van der Waals surface area contributed by atoms with Crippen LogP contribution in [0.25, 0.3) is 0 Å². The molecule has 0 spiro atoms. The number of nitrogens with zero attached hydrogens (tertiary/aromatic N) is 2. The summed E-state index contributed by atoms with van der Waals surface area (Å²) < 4.78 is 24.7. The van der Waals surface area contributed by atoms with E-state index < -0.39 is 10.0 Å². The number of piperazine rings is 1. The zero-order valence-electron chi connectivity index (χ0n) is 12.0. The molecule has 0 unspecified atom stereocenters. The van der Waals surface area contributed by atoms with E-state index in [9.17, 15) is 8.42 Å². The Labute approximate surface area is 120 Å². The second kappa shape index (κ2) is 6.19. The van der Waals surface area contributed by atoms with Gasteiger partial charge in [-0.2, -0.15) is 0 Å². The number of aryl methyl sites for hydroxylation is 1. The summed E-state index contributed by atoms with van der Waals surface area (Å²) in [4.78, 5) is 5.08. The smallest absolute Gasteiger partial charge is 0.253 e. The van der Waals surface area contributed by atoms with Gasteiger partial charge >= 0.3 is 0 Å². The first-order valence-corrected chi connectivity index (χ1v) is 8.16. The number of hydrazine groups is 1. The predicted molar refractivity (Wildman–Crippen MR) is 78.5 cm³/mol. The number of sulfonamides is 1. The highest BCUT2D eigenvalue weighted by Gasteiger charge is 2.21. The van der Waals surface area contributed by atoms with Gasteiger partial charge in [-0.1, -0.05) is 6.07 Å². The number of nitrogens with one attached hydrogen (secondary N) is 1. The zero-order valence-corrected chi connectivity index (χ0v) is 12.8. The summed E-state index contributed by atoms with van der Waals surface area (Å²) in [5.74, 6) is 0. The lowest BCUT2D eigenvalue weighted by Gasteiger charge is -2.32. The molecule has 6 nitrogen and oxygen atoms in total. The minimum atomic E-state index is -3.52. The SMILES string of the molecule is Cc1ccc(S(=O)(=O)NN2CCN(C)CC2)cc1CN. The molecule has 2 rings (SSSR count). The molecule has 1 fully saturated rings. The molecule has 112 valence electrons. The predicted octanol–water partition coefficient (Wildman–Crippen LogP) is -0.106. The maximum absolute atomic E-state index is 12.4. The van der Waals surface area contributed by atoms with E-state index >= 15 is 0 Å². The molecule has 7 heteroatoms. The fraction of sp³-hybridized carbons (Fsp3) is 0.538. The molecule has 0 amide bonds. The Kier molecular flexibility index (Phi) is 4.77. The third kappa shape index (κ3) is 3.56. The van der Waals surface area contributed by atoms with Crippen LogP contribution >= 0.6 is 0 Å². The maximum atomic E-state index is 12.4. The van der Waals surface area contributed by atoms with E-state index in [1.165, 1.54) is 0 Å². The van der Waals surface area contributed by atoms with Gasteiger partial charge in [-0.15, -0.1) is 4.83 Å². The van der Waals surface area contributed by atoms with Gasteiger partial charge in [0, 0.05) is 32.7 Å². The van der Waals surface area contributed by atoms with E-state index in [4.69, 9.17) is 5.73 Å². The van der Waals surface area contributed by atoms with E-state index in [1.807, 2.05) is 14.0 Å². The lowest BCUT2D eigenvalue weighted by molar-refractivity contribution is 0.135. The highest BCUT2D eigenvalue weighted by molar-refractivity contribution is 7.89. The van der Waals surface area contributed by atoms with Gasteiger partial charge in [-0.05, 0) is 37.2 Å². The first-order valence-electron chi connectivity index (χ1n) is 6.68. The molecule has 3 N–H and O–H groups in total. The highest BCUT2D eigenvalue weighted by Crippen LogP contribution is 2.15. The van der Waals surface area contributed by atoms with Gasteiger partial charge in [0.2, 0.25) is 0 Å². The van der Waals surface area contributed by atoms with Crippen molar-refractivity contribution in [2.24, 2.45) is 5.73 Å². The van der Waals surface area contributed by atoms with E-state index in [-0.39, 0.29) is 4.90 Å².